The molecule has 6 heteroatoms. The summed E-state index contributed by atoms with van der Waals surface area (Å²) in [5.41, 5.74) is 3.27. The van der Waals surface area contributed by atoms with Crippen molar-refractivity contribution in [2.45, 2.75) is 19.4 Å². The molecule has 0 aliphatic carbocycles. The van der Waals surface area contributed by atoms with E-state index in [1.165, 1.54) is 5.56 Å². The summed E-state index contributed by atoms with van der Waals surface area (Å²) in [4.78, 5) is 31.6. The first-order chi connectivity index (χ1) is 14.1. The largest absolute Gasteiger partial charge is 0.497 e. The fourth-order valence-electron chi connectivity index (χ4n) is 4.32. The quantitative estimate of drug-likeness (QED) is 0.804. The summed E-state index contributed by atoms with van der Waals surface area (Å²) in [6.45, 7) is 4.98. The molecule has 2 heterocycles. The van der Waals surface area contributed by atoms with Crippen molar-refractivity contribution >= 4 is 17.5 Å². The van der Waals surface area contributed by atoms with Crippen LogP contribution in [0.15, 0.2) is 48.5 Å². The summed E-state index contributed by atoms with van der Waals surface area (Å²) in [7, 11) is 1.66. The number of carbonyl (C=O) groups is 2. The van der Waals surface area contributed by atoms with Crippen LogP contribution >= 0.6 is 0 Å². The number of fused-ring (bicyclic) bond motifs is 1. The Hall–Kier alpha value is -3.02. The number of piperazine rings is 1. The fraction of sp³-hybridized carbons (Fsp3) is 0.391. The lowest BCUT2D eigenvalue weighted by Crippen LogP contribution is -2.54. The first kappa shape index (κ1) is 19.3. The summed E-state index contributed by atoms with van der Waals surface area (Å²) in [5, 5.41) is 0. The predicted molar refractivity (Wildman–Crippen MR) is 112 cm³/mol. The first-order valence-corrected chi connectivity index (χ1v) is 10.1. The molecule has 0 bridgehead atoms. The molecule has 0 saturated carbocycles. The summed E-state index contributed by atoms with van der Waals surface area (Å²) in [5.74, 6) is 0.819. The maximum absolute atomic E-state index is 13.5. The van der Waals surface area contributed by atoms with Crippen molar-refractivity contribution in [3.05, 3.63) is 59.7 Å². The lowest BCUT2D eigenvalue weighted by Gasteiger charge is -2.41. The average molecular weight is 393 g/mol. The van der Waals surface area contributed by atoms with Gasteiger partial charge in [0.2, 0.25) is 11.8 Å². The zero-order chi connectivity index (χ0) is 20.4. The van der Waals surface area contributed by atoms with E-state index >= 15 is 0 Å². The van der Waals surface area contributed by atoms with Crippen molar-refractivity contribution in [3.63, 3.8) is 0 Å². The minimum Gasteiger partial charge on any atom is -0.497 e. The number of nitrogens with zero attached hydrogens (tertiary/aromatic N) is 3. The average Bonchev–Trinajstić information content (AvgIpc) is 2.78. The van der Waals surface area contributed by atoms with Crippen LogP contribution in [-0.2, 0) is 16.0 Å². The molecular weight excluding hydrogens is 366 g/mol. The van der Waals surface area contributed by atoms with E-state index < -0.39 is 6.04 Å². The SMILES string of the molecule is COc1ccc(N2CCN(C(=O)C3c4ccccc4CCN3C(C)=O)CC2)cc1. The van der Waals surface area contributed by atoms with Crippen LogP contribution in [0.1, 0.15) is 24.1 Å². The van der Waals surface area contributed by atoms with Gasteiger partial charge in [-0.1, -0.05) is 24.3 Å². The van der Waals surface area contributed by atoms with Crippen molar-refractivity contribution < 1.29 is 14.3 Å². The molecule has 1 unspecified atom stereocenters. The van der Waals surface area contributed by atoms with Crippen molar-refractivity contribution in [2.75, 3.05) is 44.7 Å². The van der Waals surface area contributed by atoms with Crippen LogP contribution in [-0.4, -0.2) is 61.4 Å². The summed E-state index contributed by atoms with van der Waals surface area (Å²) < 4.78 is 5.23. The molecule has 1 atom stereocenters. The van der Waals surface area contributed by atoms with Crippen molar-refractivity contribution in [2.24, 2.45) is 0 Å². The standard InChI is InChI=1S/C23H27N3O3/c1-17(27)26-12-11-18-5-3-4-6-21(18)22(26)23(28)25-15-13-24(14-16-25)19-7-9-20(29-2)10-8-19/h3-10,22H,11-16H2,1-2H3. The van der Waals surface area contributed by atoms with Gasteiger partial charge >= 0.3 is 0 Å². The summed E-state index contributed by atoms with van der Waals surface area (Å²) in [6, 6.07) is 15.5. The van der Waals surface area contributed by atoms with E-state index in [2.05, 4.69) is 11.0 Å². The fourth-order valence-corrected chi connectivity index (χ4v) is 4.32. The maximum Gasteiger partial charge on any atom is 0.250 e. The number of amides is 2. The van der Waals surface area contributed by atoms with Gasteiger partial charge in [-0.3, -0.25) is 9.59 Å². The highest BCUT2D eigenvalue weighted by Crippen LogP contribution is 2.32. The minimum atomic E-state index is -0.509. The van der Waals surface area contributed by atoms with Gasteiger partial charge in [0.15, 0.2) is 0 Å². The van der Waals surface area contributed by atoms with Gasteiger partial charge in [-0.25, -0.2) is 0 Å². The van der Waals surface area contributed by atoms with E-state index in [1.54, 1.807) is 18.9 Å². The minimum absolute atomic E-state index is 0.0294. The Balaban J connectivity index is 1.49. The van der Waals surface area contributed by atoms with Gasteiger partial charge in [-0.2, -0.15) is 0 Å². The molecule has 152 valence electrons. The number of carbonyl (C=O) groups excluding carboxylic acids is 2. The third-order valence-corrected chi connectivity index (χ3v) is 5.95. The second-order valence-corrected chi connectivity index (χ2v) is 7.57. The Morgan fingerprint density at radius 1 is 0.931 bits per heavy atom. The van der Waals surface area contributed by atoms with E-state index in [9.17, 15) is 9.59 Å². The molecule has 0 spiro atoms. The normalized spacial score (nSPS) is 19.0. The lowest BCUT2D eigenvalue weighted by molar-refractivity contribution is -0.146. The molecule has 0 radical (unpaired) electrons. The van der Waals surface area contributed by atoms with E-state index in [1.807, 2.05) is 47.4 Å². The Kier molecular flexibility index (Phi) is 5.43. The maximum atomic E-state index is 13.5. The molecule has 0 N–H and O–H groups in total. The third kappa shape index (κ3) is 3.79. The Bertz CT molecular complexity index is 888. The smallest absolute Gasteiger partial charge is 0.250 e. The third-order valence-electron chi connectivity index (χ3n) is 5.95. The number of benzene rings is 2. The van der Waals surface area contributed by atoms with Gasteiger partial charge in [-0.15, -0.1) is 0 Å². The lowest BCUT2D eigenvalue weighted by atomic mass is 9.91. The number of anilines is 1. The molecule has 1 saturated heterocycles. The number of hydrogen-bond donors (Lipinski definition) is 0. The van der Waals surface area contributed by atoms with Gasteiger partial charge in [0.1, 0.15) is 11.8 Å². The molecule has 2 aromatic rings. The van der Waals surface area contributed by atoms with Gasteiger partial charge < -0.3 is 19.4 Å². The van der Waals surface area contributed by atoms with Gasteiger partial charge in [0.25, 0.3) is 0 Å². The molecular formula is C23H27N3O3. The number of hydrogen-bond acceptors (Lipinski definition) is 4. The predicted octanol–water partition coefficient (Wildman–Crippen LogP) is 2.49. The van der Waals surface area contributed by atoms with Crippen LogP contribution in [0.3, 0.4) is 0 Å². The molecule has 0 aromatic heterocycles. The van der Waals surface area contributed by atoms with E-state index in [4.69, 9.17) is 4.74 Å². The van der Waals surface area contributed by atoms with Crippen LogP contribution in [0.4, 0.5) is 5.69 Å². The van der Waals surface area contributed by atoms with Crippen molar-refractivity contribution in [1.29, 1.82) is 0 Å². The van der Waals surface area contributed by atoms with Crippen LogP contribution in [0, 0.1) is 0 Å². The Morgan fingerprint density at radius 3 is 2.28 bits per heavy atom. The molecule has 2 amide bonds. The molecule has 6 nitrogen and oxygen atoms in total. The van der Waals surface area contributed by atoms with Crippen LogP contribution in [0.25, 0.3) is 0 Å². The summed E-state index contributed by atoms with van der Waals surface area (Å²) >= 11 is 0. The zero-order valence-corrected chi connectivity index (χ0v) is 17.0. The van der Waals surface area contributed by atoms with Crippen LogP contribution < -0.4 is 9.64 Å². The van der Waals surface area contributed by atoms with Crippen molar-refractivity contribution in [3.8, 4) is 5.75 Å². The highest BCUT2D eigenvalue weighted by atomic mass is 16.5. The molecule has 2 aliphatic rings. The summed E-state index contributed by atoms with van der Waals surface area (Å²) in [6.07, 6.45) is 0.796. The molecule has 29 heavy (non-hydrogen) atoms. The molecule has 2 aliphatic heterocycles. The van der Waals surface area contributed by atoms with Gasteiger partial charge in [-0.05, 0) is 41.8 Å². The van der Waals surface area contributed by atoms with Crippen LogP contribution in [0.5, 0.6) is 5.75 Å². The zero-order valence-electron chi connectivity index (χ0n) is 17.0. The highest BCUT2D eigenvalue weighted by molar-refractivity contribution is 5.89. The molecule has 2 aromatic carbocycles. The second kappa shape index (κ2) is 8.15. The van der Waals surface area contributed by atoms with Crippen LogP contribution in [0.2, 0.25) is 0 Å². The molecule has 4 rings (SSSR count). The topological polar surface area (TPSA) is 53.1 Å². The van der Waals surface area contributed by atoms with Gasteiger partial charge in [0.05, 0.1) is 7.11 Å². The number of ether oxygens (including phenoxy) is 1. The van der Waals surface area contributed by atoms with Gasteiger partial charge in [0, 0.05) is 45.3 Å². The van der Waals surface area contributed by atoms with E-state index in [0.717, 1.165) is 36.5 Å². The number of rotatable bonds is 3. The van der Waals surface area contributed by atoms with E-state index in [0.29, 0.717) is 19.6 Å². The van der Waals surface area contributed by atoms with Crippen molar-refractivity contribution in [1.82, 2.24) is 9.80 Å². The monoisotopic (exact) mass is 393 g/mol. The second-order valence-electron chi connectivity index (χ2n) is 7.57. The highest BCUT2D eigenvalue weighted by Gasteiger charge is 2.37. The Labute approximate surface area is 171 Å². The Morgan fingerprint density at radius 2 is 1.62 bits per heavy atom. The van der Waals surface area contributed by atoms with E-state index in [-0.39, 0.29) is 11.8 Å². The number of methoxy groups -OCH3 is 1. The molecule has 1 fully saturated rings. The first-order valence-electron chi connectivity index (χ1n) is 10.1.